The number of amides is 4. The first kappa shape index (κ1) is 23.7. The molecule has 0 saturated heterocycles. The van der Waals surface area contributed by atoms with Crippen molar-refractivity contribution in [2.75, 3.05) is 31.6 Å². The first-order valence-corrected chi connectivity index (χ1v) is 8.47. The largest absolute Gasteiger partial charge is 0.456 e. The lowest BCUT2D eigenvalue weighted by Crippen LogP contribution is -2.40. The number of nitrogens with two attached hydrogens (primary N) is 1. The van der Waals surface area contributed by atoms with E-state index in [-0.39, 0.29) is 19.5 Å². The molecule has 160 valence electrons. The average Bonchev–Trinajstić information content (AvgIpc) is 2.63. The van der Waals surface area contributed by atoms with E-state index >= 15 is 0 Å². The van der Waals surface area contributed by atoms with Gasteiger partial charge in [0.1, 0.15) is 0 Å². The molecule has 4 amide bonds. The Labute approximate surface area is 164 Å². The molecule has 0 radical (unpaired) electrons. The number of esters is 1. The zero-order valence-electron chi connectivity index (χ0n) is 15.5. The zero-order chi connectivity index (χ0) is 22.0. The van der Waals surface area contributed by atoms with E-state index in [9.17, 15) is 32.3 Å². The Hall–Kier alpha value is -3.31. The lowest BCUT2D eigenvalue weighted by atomic mass is 10.1. The van der Waals surface area contributed by atoms with E-state index in [2.05, 4.69) is 10.6 Å². The van der Waals surface area contributed by atoms with Crippen molar-refractivity contribution in [2.45, 2.75) is 19.5 Å². The lowest BCUT2D eigenvalue weighted by Gasteiger charge is -2.21. The summed E-state index contributed by atoms with van der Waals surface area (Å²) in [5, 5.41) is 4.30. The Morgan fingerprint density at radius 1 is 1.17 bits per heavy atom. The number of alkyl halides is 3. The smallest absolute Gasteiger partial charge is 0.418 e. The Morgan fingerprint density at radius 2 is 1.83 bits per heavy atom. The SMILES string of the molecule is CCN(CC(=O)Nc1ccccc1C(F)(F)F)C(=O)COC(=O)CCNC(N)=O. The molecule has 29 heavy (non-hydrogen) atoms. The molecule has 1 aromatic carbocycles. The molecule has 0 aliphatic carbocycles. The van der Waals surface area contributed by atoms with E-state index in [0.717, 1.165) is 17.0 Å². The van der Waals surface area contributed by atoms with Crippen molar-refractivity contribution in [3.05, 3.63) is 29.8 Å². The van der Waals surface area contributed by atoms with Gasteiger partial charge in [-0.2, -0.15) is 13.2 Å². The van der Waals surface area contributed by atoms with Crippen molar-refractivity contribution in [3.63, 3.8) is 0 Å². The second-order valence-electron chi connectivity index (χ2n) is 5.70. The van der Waals surface area contributed by atoms with Crippen LogP contribution in [0, 0.1) is 0 Å². The molecule has 0 aromatic heterocycles. The lowest BCUT2D eigenvalue weighted by molar-refractivity contribution is -0.152. The number of hydrogen-bond acceptors (Lipinski definition) is 5. The van der Waals surface area contributed by atoms with E-state index in [1.54, 1.807) is 6.92 Å². The number of benzene rings is 1. The fourth-order valence-electron chi connectivity index (χ4n) is 2.17. The Kier molecular flexibility index (Phi) is 8.90. The third-order valence-corrected chi connectivity index (χ3v) is 3.56. The summed E-state index contributed by atoms with van der Waals surface area (Å²) in [6.45, 7) is 0.361. The number of anilines is 1. The number of nitrogens with one attached hydrogen (secondary N) is 2. The molecule has 0 aliphatic rings. The van der Waals surface area contributed by atoms with Gasteiger partial charge in [0.25, 0.3) is 5.91 Å². The molecule has 0 fully saturated rings. The van der Waals surface area contributed by atoms with Gasteiger partial charge in [-0.3, -0.25) is 14.4 Å². The van der Waals surface area contributed by atoms with Crippen LogP contribution in [0.25, 0.3) is 0 Å². The van der Waals surface area contributed by atoms with Gasteiger partial charge in [-0.1, -0.05) is 12.1 Å². The summed E-state index contributed by atoms with van der Waals surface area (Å²) in [6, 6.07) is 3.63. The molecule has 1 rings (SSSR count). The summed E-state index contributed by atoms with van der Waals surface area (Å²) >= 11 is 0. The third kappa shape index (κ3) is 8.49. The van der Waals surface area contributed by atoms with Gasteiger partial charge >= 0.3 is 18.2 Å². The maximum absolute atomic E-state index is 13.0. The highest BCUT2D eigenvalue weighted by molar-refractivity contribution is 5.95. The number of carbonyl (C=O) groups is 4. The number of nitrogens with zero attached hydrogens (tertiary/aromatic N) is 1. The van der Waals surface area contributed by atoms with Gasteiger partial charge in [-0.15, -0.1) is 0 Å². The van der Waals surface area contributed by atoms with Crippen molar-refractivity contribution in [3.8, 4) is 0 Å². The Morgan fingerprint density at radius 3 is 2.41 bits per heavy atom. The summed E-state index contributed by atoms with van der Waals surface area (Å²) in [4.78, 5) is 47.1. The molecule has 0 heterocycles. The number of carbonyl (C=O) groups excluding carboxylic acids is 4. The minimum Gasteiger partial charge on any atom is -0.456 e. The number of likely N-dealkylation sites (N-methyl/N-ethyl adjacent to an activating group) is 1. The molecule has 9 nitrogen and oxygen atoms in total. The highest BCUT2D eigenvalue weighted by Crippen LogP contribution is 2.34. The number of para-hydroxylation sites is 1. The zero-order valence-corrected chi connectivity index (χ0v) is 15.5. The van der Waals surface area contributed by atoms with Crippen LogP contribution in [0.3, 0.4) is 0 Å². The molecule has 0 aliphatic heterocycles. The number of rotatable bonds is 9. The summed E-state index contributed by atoms with van der Waals surface area (Å²) in [5.41, 5.74) is 3.39. The number of hydrogen-bond donors (Lipinski definition) is 3. The normalized spacial score (nSPS) is 10.8. The average molecular weight is 418 g/mol. The van der Waals surface area contributed by atoms with Gasteiger partial charge in [0, 0.05) is 13.1 Å². The maximum atomic E-state index is 13.0. The molecule has 0 spiro atoms. The fraction of sp³-hybridized carbons (Fsp3) is 0.412. The van der Waals surface area contributed by atoms with E-state index in [1.165, 1.54) is 12.1 Å². The number of ether oxygens (including phenoxy) is 1. The Balaban J connectivity index is 2.58. The van der Waals surface area contributed by atoms with Crippen LogP contribution in [0.4, 0.5) is 23.7 Å². The van der Waals surface area contributed by atoms with Gasteiger partial charge in [-0.05, 0) is 19.1 Å². The van der Waals surface area contributed by atoms with Gasteiger partial charge in [-0.25, -0.2) is 4.79 Å². The van der Waals surface area contributed by atoms with E-state index in [1.807, 2.05) is 0 Å². The van der Waals surface area contributed by atoms with Gasteiger partial charge in [0.05, 0.1) is 24.2 Å². The van der Waals surface area contributed by atoms with Crippen LogP contribution in [-0.2, 0) is 25.3 Å². The molecule has 0 bridgehead atoms. The predicted octanol–water partition coefficient (Wildman–Crippen LogP) is 1.09. The standard InChI is InChI=1S/C17H21F3N4O5/c1-2-24(14(26)10-29-15(27)7-8-22-16(21)28)9-13(25)23-12-6-4-3-5-11(12)17(18,19)20/h3-6H,2,7-10H2,1H3,(H,23,25)(H3,21,22,28). The van der Waals surface area contributed by atoms with Crippen molar-refractivity contribution in [1.29, 1.82) is 0 Å². The Bertz CT molecular complexity index is 755. The first-order chi connectivity index (χ1) is 13.5. The highest BCUT2D eigenvalue weighted by atomic mass is 19.4. The number of urea groups is 1. The van der Waals surface area contributed by atoms with Gasteiger partial charge in [0.2, 0.25) is 5.91 Å². The first-order valence-electron chi connectivity index (χ1n) is 8.47. The van der Waals surface area contributed by atoms with Crippen LogP contribution in [0.15, 0.2) is 24.3 Å². The molecule has 0 saturated carbocycles. The number of primary amides is 1. The number of halogens is 3. The molecular weight excluding hydrogens is 397 g/mol. The van der Waals surface area contributed by atoms with E-state index < -0.39 is 54.4 Å². The molecule has 4 N–H and O–H groups in total. The quantitative estimate of drug-likeness (QED) is 0.517. The molecule has 0 unspecified atom stereocenters. The third-order valence-electron chi connectivity index (χ3n) is 3.56. The predicted molar refractivity (Wildman–Crippen MR) is 95.5 cm³/mol. The second-order valence-corrected chi connectivity index (χ2v) is 5.70. The minimum absolute atomic E-state index is 0.0634. The van der Waals surface area contributed by atoms with Crippen molar-refractivity contribution in [2.24, 2.45) is 5.73 Å². The molecule has 12 heteroatoms. The van der Waals surface area contributed by atoms with Crippen LogP contribution in [0.2, 0.25) is 0 Å². The van der Waals surface area contributed by atoms with Crippen LogP contribution in [0.5, 0.6) is 0 Å². The van der Waals surface area contributed by atoms with Crippen LogP contribution in [-0.4, -0.2) is 55.0 Å². The van der Waals surface area contributed by atoms with Crippen molar-refractivity contribution < 1.29 is 37.1 Å². The van der Waals surface area contributed by atoms with E-state index in [0.29, 0.717) is 0 Å². The van der Waals surface area contributed by atoms with Crippen LogP contribution < -0.4 is 16.4 Å². The van der Waals surface area contributed by atoms with Gasteiger partial charge < -0.3 is 26.0 Å². The summed E-state index contributed by atoms with van der Waals surface area (Å²) in [5.74, 6) is -2.32. The van der Waals surface area contributed by atoms with Gasteiger partial charge in [0.15, 0.2) is 6.61 Å². The summed E-state index contributed by atoms with van der Waals surface area (Å²) in [6.07, 6.45) is -4.86. The molecule has 0 atom stereocenters. The van der Waals surface area contributed by atoms with E-state index in [4.69, 9.17) is 10.5 Å². The minimum atomic E-state index is -4.65. The molecule has 1 aromatic rings. The second kappa shape index (κ2) is 10.9. The maximum Gasteiger partial charge on any atom is 0.418 e. The van der Waals surface area contributed by atoms with Crippen molar-refractivity contribution >= 4 is 29.5 Å². The van der Waals surface area contributed by atoms with Crippen LogP contribution >= 0.6 is 0 Å². The summed E-state index contributed by atoms with van der Waals surface area (Å²) in [7, 11) is 0. The highest BCUT2D eigenvalue weighted by Gasteiger charge is 2.33. The van der Waals surface area contributed by atoms with Crippen molar-refractivity contribution in [1.82, 2.24) is 10.2 Å². The monoisotopic (exact) mass is 418 g/mol. The summed E-state index contributed by atoms with van der Waals surface area (Å²) < 4.78 is 43.6. The van der Waals surface area contributed by atoms with Crippen LogP contribution in [0.1, 0.15) is 18.9 Å². The molecular formula is C17H21F3N4O5. The fourth-order valence-corrected chi connectivity index (χ4v) is 2.17. The topological polar surface area (TPSA) is 131 Å².